The molecule has 0 radical (unpaired) electrons. The summed E-state index contributed by atoms with van der Waals surface area (Å²) in [5.74, 6) is 1.66. The molecule has 2 N–H and O–H groups in total. The molecular weight excluding hydrogens is 266 g/mol. The maximum Gasteiger partial charge on any atom is 0.161 e. The second kappa shape index (κ2) is 5.77. The molecule has 5 heteroatoms. The second-order valence-corrected chi connectivity index (χ2v) is 5.32. The van der Waals surface area contributed by atoms with Gasteiger partial charge in [-0.2, -0.15) is 5.10 Å². The van der Waals surface area contributed by atoms with Gasteiger partial charge < -0.3 is 15.2 Å². The van der Waals surface area contributed by atoms with Crippen LogP contribution in [0.25, 0.3) is 0 Å². The van der Waals surface area contributed by atoms with Crippen LogP contribution in [-0.4, -0.2) is 23.0 Å². The first-order valence-electron chi connectivity index (χ1n) is 7.34. The van der Waals surface area contributed by atoms with E-state index in [-0.39, 0.29) is 12.1 Å². The Labute approximate surface area is 124 Å². The molecule has 112 valence electrons. The van der Waals surface area contributed by atoms with Crippen LogP contribution in [0.5, 0.6) is 11.5 Å². The molecule has 2 atom stereocenters. The fraction of sp³-hybridized carbons (Fsp3) is 0.438. The second-order valence-electron chi connectivity index (χ2n) is 5.32. The predicted molar refractivity (Wildman–Crippen MR) is 80.6 cm³/mol. The van der Waals surface area contributed by atoms with Gasteiger partial charge >= 0.3 is 0 Å². The van der Waals surface area contributed by atoms with Gasteiger partial charge in [-0.1, -0.05) is 25.1 Å². The number of benzene rings is 1. The number of nitrogens with zero attached hydrogens (tertiary/aromatic N) is 2. The maximum absolute atomic E-state index is 6.47. The molecule has 2 aromatic rings. The standard InChI is InChI=1S/C16H21N3O2/c1-3-8-19-16(14(20-2)10-18-19)15(17)13-9-11-6-4-5-7-12(11)21-13/h4-7,10,13,15H,3,8-9,17H2,1-2H3. The molecule has 21 heavy (non-hydrogen) atoms. The molecule has 0 bridgehead atoms. The number of hydrogen-bond acceptors (Lipinski definition) is 4. The number of fused-ring (bicyclic) bond motifs is 1. The molecule has 3 rings (SSSR count). The van der Waals surface area contributed by atoms with E-state index in [4.69, 9.17) is 15.2 Å². The summed E-state index contributed by atoms with van der Waals surface area (Å²) in [5, 5.41) is 4.37. The monoisotopic (exact) mass is 287 g/mol. The molecule has 2 heterocycles. The minimum absolute atomic E-state index is 0.0800. The number of methoxy groups -OCH3 is 1. The molecule has 1 aliphatic heterocycles. The van der Waals surface area contributed by atoms with E-state index in [1.54, 1.807) is 13.3 Å². The number of hydrogen-bond donors (Lipinski definition) is 1. The van der Waals surface area contributed by atoms with E-state index in [0.717, 1.165) is 36.6 Å². The van der Waals surface area contributed by atoms with Crippen molar-refractivity contribution in [1.29, 1.82) is 0 Å². The maximum atomic E-state index is 6.47. The fourth-order valence-corrected chi connectivity index (χ4v) is 2.85. The molecule has 2 unspecified atom stereocenters. The number of rotatable bonds is 5. The van der Waals surface area contributed by atoms with Crippen molar-refractivity contribution in [3.8, 4) is 11.5 Å². The average molecular weight is 287 g/mol. The van der Waals surface area contributed by atoms with Gasteiger partial charge in [-0.05, 0) is 18.1 Å². The van der Waals surface area contributed by atoms with E-state index < -0.39 is 0 Å². The van der Waals surface area contributed by atoms with Crippen molar-refractivity contribution in [3.63, 3.8) is 0 Å². The summed E-state index contributed by atoms with van der Waals surface area (Å²) in [6.45, 7) is 2.94. The van der Waals surface area contributed by atoms with E-state index in [0.29, 0.717) is 0 Å². The van der Waals surface area contributed by atoms with Crippen LogP contribution in [0.3, 0.4) is 0 Å². The number of para-hydroxylation sites is 1. The molecule has 0 fully saturated rings. The SMILES string of the molecule is CCCn1ncc(OC)c1C(N)C1Cc2ccccc2O1. The highest BCUT2D eigenvalue weighted by atomic mass is 16.5. The van der Waals surface area contributed by atoms with Crippen LogP contribution in [0.1, 0.15) is 30.6 Å². The Morgan fingerprint density at radius 2 is 2.29 bits per heavy atom. The van der Waals surface area contributed by atoms with Crippen LogP contribution < -0.4 is 15.2 Å². The Kier molecular flexibility index (Phi) is 3.84. The minimum Gasteiger partial charge on any atom is -0.493 e. The van der Waals surface area contributed by atoms with Crippen LogP contribution in [0.4, 0.5) is 0 Å². The van der Waals surface area contributed by atoms with Crippen molar-refractivity contribution >= 4 is 0 Å². The smallest absolute Gasteiger partial charge is 0.161 e. The highest BCUT2D eigenvalue weighted by molar-refractivity contribution is 5.39. The van der Waals surface area contributed by atoms with Gasteiger partial charge in [0.15, 0.2) is 5.75 Å². The summed E-state index contributed by atoms with van der Waals surface area (Å²) in [4.78, 5) is 0. The third kappa shape index (κ3) is 2.49. The molecule has 0 saturated heterocycles. The molecular formula is C16H21N3O2. The summed E-state index contributed by atoms with van der Waals surface area (Å²) in [5.41, 5.74) is 8.59. The van der Waals surface area contributed by atoms with Gasteiger partial charge in [0.25, 0.3) is 0 Å². The van der Waals surface area contributed by atoms with Gasteiger partial charge in [-0.25, -0.2) is 0 Å². The first-order chi connectivity index (χ1) is 10.2. The van der Waals surface area contributed by atoms with Crippen LogP contribution in [0, 0.1) is 0 Å². The minimum atomic E-state index is -0.263. The van der Waals surface area contributed by atoms with Crippen molar-refractivity contribution in [1.82, 2.24) is 9.78 Å². The lowest BCUT2D eigenvalue weighted by Crippen LogP contribution is -2.32. The van der Waals surface area contributed by atoms with Gasteiger partial charge in [-0.15, -0.1) is 0 Å². The van der Waals surface area contributed by atoms with Gasteiger partial charge in [0.2, 0.25) is 0 Å². The topological polar surface area (TPSA) is 62.3 Å². The summed E-state index contributed by atoms with van der Waals surface area (Å²) in [7, 11) is 1.65. The largest absolute Gasteiger partial charge is 0.493 e. The Morgan fingerprint density at radius 3 is 3.00 bits per heavy atom. The van der Waals surface area contributed by atoms with E-state index >= 15 is 0 Å². The Hall–Kier alpha value is -2.01. The van der Waals surface area contributed by atoms with Crippen LogP contribution in [0.2, 0.25) is 0 Å². The quantitative estimate of drug-likeness (QED) is 0.916. The van der Waals surface area contributed by atoms with Crippen LogP contribution >= 0.6 is 0 Å². The fourth-order valence-electron chi connectivity index (χ4n) is 2.85. The lowest BCUT2D eigenvalue weighted by molar-refractivity contribution is 0.192. The van der Waals surface area contributed by atoms with Gasteiger partial charge in [0.1, 0.15) is 17.5 Å². The van der Waals surface area contributed by atoms with Crippen LogP contribution in [0.15, 0.2) is 30.5 Å². The first-order valence-corrected chi connectivity index (χ1v) is 7.34. The van der Waals surface area contributed by atoms with Gasteiger partial charge in [0.05, 0.1) is 19.3 Å². The molecule has 1 aromatic heterocycles. The van der Waals surface area contributed by atoms with Crippen molar-refractivity contribution in [2.75, 3.05) is 7.11 Å². The Balaban J connectivity index is 1.86. The molecule has 5 nitrogen and oxygen atoms in total. The summed E-state index contributed by atoms with van der Waals surface area (Å²) < 4.78 is 13.3. The van der Waals surface area contributed by atoms with Crippen molar-refractivity contribution < 1.29 is 9.47 Å². The first kappa shape index (κ1) is 13.9. The third-order valence-corrected chi connectivity index (χ3v) is 3.89. The highest BCUT2D eigenvalue weighted by Crippen LogP contribution is 2.35. The molecule has 1 aromatic carbocycles. The lowest BCUT2D eigenvalue weighted by atomic mass is 10.0. The lowest BCUT2D eigenvalue weighted by Gasteiger charge is -2.21. The highest BCUT2D eigenvalue weighted by Gasteiger charge is 2.32. The zero-order valence-electron chi connectivity index (χ0n) is 12.5. The third-order valence-electron chi connectivity index (χ3n) is 3.89. The summed E-state index contributed by atoms with van der Waals surface area (Å²) in [6.07, 6.45) is 3.46. The number of nitrogens with two attached hydrogens (primary N) is 1. The van der Waals surface area contributed by atoms with Crippen molar-refractivity contribution in [2.24, 2.45) is 5.73 Å². The molecule has 0 spiro atoms. The Bertz CT molecular complexity index is 599. The number of aromatic nitrogens is 2. The zero-order valence-corrected chi connectivity index (χ0v) is 12.5. The molecule has 0 aliphatic carbocycles. The van der Waals surface area contributed by atoms with Crippen molar-refractivity contribution in [2.45, 2.75) is 38.5 Å². The van der Waals surface area contributed by atoms with E-state index in [1.807, 2.05) is 22.9 Å². The normalized spacial score (nSPS) is 18.1. The summed E-state index contributed by atoms with van der Waals surface area (Å²) >= 11 is 0. The summed E-state index contributed by atoms with van der Waals surface area (Å²) in [6, 6.07) is 7.82. The predicted octanol–water partition coefficient (Wildman–Crippen LogP) is 2.31. The molecule has 0 saturated carbocycles. The van der Waals surface area contributed by atoms with Crippen molar-refractivity contribution in [3.05, 3.63) is 41.7 Å². The molecule has 0 amide bonds. The van der Waals surface area contributed by atoms with E-state index in [2.05, 4.69) is 18.1 Å². The van der Waals surface area contributed by atoms with E-state index in [9.17, 15) is 0 Å². The van der Waals surface area contributed by atoms with Crippen LogP contribution in [-0.2, 0) is 13.0 Å². The van der Waals surface area contributed by atoms with Gasteiger partial charge in [-0.3, -0.25) is 4.68 Å². The Morgan fingerprint density at radius 1 is 1.48 bits per heavy atom. The average Bonchev–Trinajstić information content (AvgIpc) is 3.10. The van der Waals surface area contributed by atoms with E-state index in [1.165, 1.54) is 5.56 Å². The molecule has 1 aliphatic rings. The number of ether oxygens (including phenoxy) is 2. The zero-order chi connectivity index (χ0) is 14.8. The number of aryl methyl sites for hydroxylation is 1. The van der Waals surface area contributed by atoms with Gasteiger partial charge in [0, 0.05) is 13.0 Å².